The van der Waals surface area contributed by atoms with Gasteiger partial charge in [-0.2, -0.15) is 0 Å². The van der Waals surface area contributed by atoms with Gasteiger partial charge in [-0.15, -0.1) is 0 Å². The van der Waals surface area contributed by atoms with E-state index in [1.54, 1.807) is 0 Å². The lowest BCUT2D eigenvalue weighted by Gasteiger charge is -2.07. The van der Waals surface area contributed by atoms with Crippen LogP contribution in [0.25, 0.3) is 33.6 Å². The van der Waals surface area contributed by atoms with Crippen molar-refractivity contribution in [3.05, 3.63) is 97.1 Å². The lowest BCUT2D eigenvalue weighted by Crippen LogP contribution is -1.93. The molecule has 24 heavy (non-hydrogen) atoms. The van der Waals surface area contributed by atoms with Gasteiger partial charge in [0, 0.05) is 11.4 Å². The van der Waals surface area contributed by atoms with Gasteiger partial charge >= 0.3 is 0 Å². The first-order valence-electron chi connectivity index (χ1n) is 7.75. The molecule has 0 spiro atoms. The first-order valence-corrected chi connectivity index (χ1v) is 7.75. The van der Waals surface area contributed by atoms with Crippen LogP contribution in [0.1, 0.15) is 11.1 Å². The third kappa shape index (κ3) is 3.23. The van der Waals surface area contributed by atoms with Crippen molar-refractivity contribution < 1.29 is 0 Å². The van der Waals surface area contributed by atoms with Crippen LogP contribution in [0.15, 0.2) is 86.0 Å². The molecule has 3 aromatic rings. The SMILES string of the molecule is C=C(N)c1ccc(-c2ccc(-c3ccc(C(=C)N)cc3)cc2)cc1. The largest absolute Gasteiger partial charge is 0.399 e. The Morgan fingerprint density at radius 1 is 0.458 bits per heavy atom. The second-order valence-corrected chi connectivity index (χ2v) is 5.78. The second kappa shape index (κ2) is 6.47. The van der Waals surface area contributed by atoms with E-state index in [-0.39, 0.29) is 0 Å². The van der Waals surface area contributed by atoms with Gasteiger partial charge in [0.05, 0.1) is 0 Å². The fraction of sp³-hybridized carbons (Fsp3) is 0. The molecule has 2 nitrogen and oxygen atoms in total. The van der Waals surface area contributed by atoms with E-state index in [2.05, 4.69) is 61.7 Å². The van der Waals surface area contributed by atoms with Crippen LogP contribution in [-0.4, -0.2) is 0 Å². The number of nitrogens with two attached hydrogens (primary N) is 2. The number of hydrogen-bond acceptors (Lipinski definition) is 2. The molecule has 0 aliphatic rings. The van der Waals surface area contributed by atoms with Crippen LogP contribution in [0.5, 0.6) is 0 Å². The fourth-order valence-corrected chi connectivity index (χ4v) is 2.61. The van der Waals surface area contributed by atoms with E-state index in [1.807, 2.05) is 24.3 Å². The predicted octanol–water partition coefficient (Wildman–Crippen LogP) is 4.88. The van der Waals surface area contributed by atoms with Crippen molar-refractivity contribution in [1.82, 2.24) is 0 Å². The number of rotatable bonds is 4. The van der Waals surface area contributed by atoms with E-state index in [0.717, 1.165) is 22.3 Å². The molecule has 118 valence electrons. The van der Waals surface area contributed by atoms with Gasteiger partial charge in [0.15, 0.2) is 0 Å². The third-order valence-corrected chi connectivity index (χ3v) is 4.06. The molecule has 0 saturated heterocycles. The van der Waals surface area contributed by atoms with Crippen molar-refractivity contribution in [2.24, 2.45) is 11.5 Å². The lowest BCUT2D eigenvalue weighted by atomic mass is 9.98. The summed E-state index contributed by atoms with van der Waals surface area (Å²) in [5.74, 6) is 0. The molecule has 0 amide bonds. The topological polar surface area (TPSA) is 52.0 Å². The molecule has 3 rings (SSSR count). The molecular formula is C22H20N2. The highest BCUT2D eigenvalue weighted by atomic mass is 14.6. The van der Waals surface area contributed by atoms with Gasteiger partial charge in [-0.25, -0.2) is 0 Å². The van der Waals surface area contributed by atoms with E-state index in [0.29, 0.717) is 11.4 Å². The van der Waals surface area contributed by atoms with Crippen LogP contribution >= 0.6 is 0 Å². The van der Waals surface area contributed by atoms with Gasteiger partial charge in [-0.05, 0) is 33.4 Å². The Bertz CT molecular complexity index is 794. The molecule has 2 heteroatoms. The Morgan fingerprint density at radius 2 is 0.667 bits per heavy atom. The Labute approximate surface area is 142 Å². The van der Waals surface area contributed by atoms with E-state index < -0.39 is 0 Å². The molecule has 0 aliphatic carbocycles. The highest BCUT2D eigenvalue weighted by Gasteiger charge is 2.02. The van der Waals surface area contributed by atoms with Gasteiger partial charge in [0.2, 0.25) is 0 Å². The Morgan fingerprint density at radius 3 is 0.875 bits per heavy atom. The standard InChI is InChI=1S/C22H20N2/c1-15(23)17-3-7-19(8-4-17)21-11-13-22(14-12-21)20-9-5-18(6-10-20)16(2)24/h3-14H,1-2,23-24H2. The van der Waals surface area contributed by atoms with Crippen LogP contribution in [0.2, 0.25) is 0 Å². The van der Waals surface area contributed by atoms with Crippen molar-refractivity contribution in [3.8, 4) is 22.3 Å². The predicted molar refractivity (Wildman–Crippen MR) is 104 cm³/mol. The summed E-state index contributed by atoms with van der Waals surface area (Å²) in [5.41, 5.74) is 19.1. The van der Waals surface area contributed by atoms with Crippen LogP contribution in [0, 0.1) is 0 Å². The van der Waals surface area contributed by atoms with Crippen molar-refractivity contribution >= 4 is 11.4 Å². The Hall–Kier alpha value is -3.26. The molecule has 3 aromatic carbocycles. The minimum absolute atomic E-state index is 0.584. The van der Waals surface area contributed by atoms with Gasteiger partial charge in [0.25, 0.3) is 0 Å². The molecule has 0 radical (unpaired) electrons. The summed E-state index contributed by atoms with van der Waals surface area (Å²) >= 11 is 0. The summed E-state index contributed by atoms with van der Waals surface area (Å²) in [6.45, 7) is 7.51. The van der Waals surface area contributed by atoms with E-state index in [4.69, 9.17) is 11.5 Å². The average molecular weight is 312 g/mol. The summed E-state index contributed by atoms with van der Waals surface area (Å²) in [5, 5.41) is 0. The quantitative estimate of drug-likeness (QED) is 0.721. The second-order valence-electron chi connectivity index (χ2n) is 5.78. The first kappa shape index (κ1) is 15.6. The van der Waals surface area contributed by atoms with E-state index >= 15 is 0 Å². The smallest absolute Gasteiger partial charge is 0.0314 e. The summed E-state index contributed by atoms with van der Waals surface area (Å²) in [6.07, 6.45) is 0. The van der Waals surface area contributed by atoms with E-state index in [9.17, 15) is 0 Å². The molecule has 0 aromatic heterocycles. The van der Waals surface area contributed by atoms with Gasteiger partial charge in [0.1, 0.15) is 0 Å². The minimum atomic E-state index is 0.584. The van der Waals surface area contributed by atoms with Crippen molar-refractivity contribution in [3.63, 3.8) is 0 Å². The van der Waals surface area contributed by atoms with Crippen LogP contribution < -0.4 is 11.5 Å². The molecule has 0 heterocycles. The highest BCUT2D eigenvalue weighted by Crippen LogP contribution is 2.26. The molecule has 0 fully saturated rings. The fourth-order valence-electron chi connectivity index (χ4n) is 2.61. The van der Waals surface area contributed by atoms with Crippen molar-refractivity contribution in [1.29, 1.82) is 0 Å². The van der Waals surface area contributed by atoms with Crippen LogP contribution in [0.4, 0.5) is 0 Å². The molecule has 0 bridgehead atoms. The van der Waals surface area contributed by atoms with Crippen LogP contribution in [0.3, 0.4) is 0 Å². The zero-order valence-corrected chi connectivity index (χ0v) is 13.5. The Balaban J connectivity index is 1.84. The zero-order valence-electron chi connectivity index (χ0n) is 13.5. The maximum Gasteiger partial charge on any atom is 0.0314 e. The monoisotopic (exact) mass is 312 g/mol. The molecule has 0 atom stereocenters. The highest BCUT2D eigenvalue weighted by molar-refractivity contribution is 5.73. The first-order chi connectivity index (χ1) is 11.5. The summed E-state index contributed by atoms with van der Waals surface area (Å²) < 4.78 is 0. The molecule has 0 aliphatic heterocycles. The maximum absolute atomic E-state index is 5.71. The van der Waals surface area contributed by atoms with Crippen LogP contribution in [-0.2, 0) is 0 Å². The number of hydrogen-bond donors (Lipinski definition) is 2. The summed E-state index contributed by atoms with van der Waals surface area (Å²) in [6, 6.07) is 24.7. The Kier molecular flexibility index (Phi) is 4.21. The maximum atomic E-state index is 5.71. The number of benzene rings is 3. The molecule has 4 N–H and O–H groups in total. The minimum Gasteiger partial charge on any atom is -0.399 e. The van der Waals surface area contributed by atoms with Gasteiger partial charge < -0.3 is 11.5 Å². The molecule has 0 saturated carbocycles. The third-order valence-electron chi connectivity index (χ3n) is 4.06. The summed E-state index contributed by atoms with van der Waals surface area (Å²) in [7, 11) is 0. The van der Waals surface area contributed by atoms with E-state index in [1.165, 1.54) is 11.1 Å². The normalized spacial score (nSPS) is 10.3. The average Bonchev–Trinajstić information content (AvgIpc) is 2.62. The van der Waals surface area contributed by atoms with Gasteiger partial charge in [-0.1, -0.05) is 86.0 Å². The molecule has 0 unspecified atom stereocenters. The lowest BCUT2D eigenvalue weighted by molar-refractivity contribution is 1.51. The zero-order chi connectivity index (χ0) is 17.1. The van der Waals surface area contributed by atoms with Gasteiger partial charge in [-0.3, -0.25) is 0 Å². The molecular weight excluding hydrogens is 292 g/mol. The van der Waals surface area contributed by atoms with Crippen molar-refractivity contribution in [2.75, 3.05) is 0 Å². The van der Waals surface area contributed by atoms with Crippen molar-refractivity contribution in [2.45, 2.75) is 0 Å². The summed E-state index contributed by atoms with van der Waals surface area (Å²) in [4.78, 5) is 0.